The second-order valence-electron chi connectivity index (χ2n) is 2.85. The molecule has 0 fully saturated rings. The number of rotatable bonds is 3. The Hall–Kier alpha value is -1.88. The summed E-state index contributed by atoms with van der Waals surface area (Å²) < 4.78 is 10.4. The molecule has 1 aromatic carbocycles. The largest absolute Gasteiger partial charge is 0.496 e. The zero-order chi connectivity index (χ0) is 13.8. The number of methoxy groups -OCH3 is 2. The van der Waals surface area contributed by atoms with E-state index in [9.17, 15) is 0 Å². The molecule has 0 aliphatic heterocycles. The zero-order valence-electron chi connectivity index (χ0n) is 10.5. The highest BCUT2D eigenvalue weighted by Gasteiger charge is 2.08. The van der Waals surface area contributed by atoms with Crippen LogP contribution in [-0.2, 0) is 16.1 Å². The normalized spacial score (nSPS) is 8.00. The lowest BCUT2D eigenvalue weighted by atomic mass is 10.1. The van der Waals surface area contributed by atoms with Crippen molar-refractivity contribution in [2.24, 2.45) is 5.73 Å². The first-order chi connectivity index (χ1) is 8.22. The van der Waals surface area contributed by atoms with E-state index in [1.54, 1.807) is 14.2 Å². The van der Waals surface area contributed by atoms with Gasteiger partial charge >= 0.3 is 0 Å². The molecular formula is C12H19NO4. The van der Waals surface area contributed by atoms with Crippen molar-refractivity contribution in [1.82, 2.24) is 0 Å². The fourth-order valence-corrected chi connectivity index (χ4v) is 1.32. The molecule has 0 radical (unpaired) electrons. The van der Waals surface area contributed by atoms with Crippen molar-refractivity contribution in [1.29, 1.82) is 0 Å². The highest BCUT2D eigenvalue weighted by atomic mass is 16.5. The molecule has 0 heterocycles. The Morgan fingerprint density at radius 1 is 1.06 bits per heavy atom. The molecule has 0 aliphatic carbocycles. The van der Waals surface area contributed by atoms with Crippen molar-refractivity contribution in [3.05, 3.63) is 23.3 Å². The number of ether oxygens (including phenoxy) is 2. The van der Waals surface area contributed by atoms with E-state index in [1.165, 1.54) is 0 Å². The third-order valence-corrected chi connectivity index (χ3v) is 1.96. The lowest BCUT2D eigenvalue weighted by molar-refractivity contribution is -0.0987. The zero-order valence-corrected chi connectivity index (χ0v) is 10.5. The lowest BCUT2D eigenvalue weighted by Crippen LogP contribution is -2.03. The Bertz CT molecular complexity index is 301. The van der Waals surface area contributed by atoms with E-state index in [-0.39, 0.29) is 0 Å². The highest BCUT2D eigenvalue weighted by Crippen LogP contribution is 2.29. The van der Waals surface area contributed by atoms with Crippen molar-refractivity contribution in [2.75, 3.05) is 14.2 Å². The van der Waals surface area contributed by atoms with Gasteiger partial charge in [0, 0.05) is 12.1 Å². The van der Waals surface area contributed by atoms with Gasteiger partial charge < -0.3 is 24.8 Å². The predicted octanol–water partition coefficient (Wildman–Crippen LogP) is 1.10. The van der Waals surface area contributed by atoms with Crippen LogP contribution in [0.3, 0.4) is 0 Å². The Balaban J connectivity index is 0. The van der Waals surface area contributed by atoms with E-state index in [2.05, 4.69) is 0 Å². The van der Waals surface area contributed by atoms with Crippen LogP contribution in [0.5, 0.6) is 11.5 Å². The predicted molar refractivity (Wildman–Crippen MR) is 66.4 cm³/mol. The van der Waals surface area contributed by atoms with E-state index >= 15 is 0 Å². The number of nitrogens with two attached hydrogens (primary N) is 1. The number of aryl methyl sites for hydroxylation is 1. The van der Waals surface area contributed by atoms with Crippen LogP contribution in [-0.4, -0.2) is 27.8 Å². The Morgan fingerprint density at radius 2 is 1.41 bits per heavy atom. The number of hydrogen-bond donors (Lipinski definition) is 1. The number of benzene rings is 1. The molecule has 5 heteroatoms. The molecule has 2 N–H and O–H groups in total. The molecule has 0 bridgehead atoms. The topological polar surface area (TPSA) is 78.6 Å². The summed E-state index contributed by atoms with van der Waals surface area (Å²) in [5, 5.41) is 0. The molecule has 1 rings (SSSR count). The first-order valence-corrected chi connectivity index (χ1v) is 4.72. The van der Waals surface area contributed by atoms with E-state index in [0.717, 1.165) is 22.6 Å². The summed E-state index contributed by atoms with van der Waals surface area (Å²) >= 11 is 0. The molecule has 0 saturated heterocycles. The molecule has 1 aromatic rings. The van der Waals surface area contributed by atoms with Crippen LogP contribution in [0.25, 0.3) is 0 Å². The van der Waals surface area contributed by atoms with Gasteiger partial charge in [-0.05, 0) is 24.6 Å². The molecule has 0 aliphatic rings. The standard InChI is InChI=1S/C10H15NO2.2CH2O/c1-7-4-9(12-2)8(6-11)10(5-7)13-3;2*1-2/h4-5H,6,11H2,1-3H3;2*1H2. The van der Waals surface area contributed by atoms with Crippen molar-refractivity contribution in [3.8, 4) is 11.5 Å². The van der Waals surface area contributed by atoms with Crippen LogP contribution in [0.2, 0.25) is 0 Å². The monoisotopic (exact) mass is 241 g/mol. The molecule has 96 valence electrons. The van der Waals surface area contributed by atoms with E-state index in [4.69, 9.17) is 24.8 Å². The fourth-order valence-electron chi connectivity index (χ4n) is 1.32. The average molecular weight is 241 g/mol. The summed E-state index contributed by atoms with van der Waals surface area (Å²) in [6.07, 6.45) is 0. The van der Waals surface area contributed by atoms with Gasteiger partial charge in [-0.2, -0.15) is 0 Å². The first kappa shape index (κ1) is 17.5. The Morgan fingerprint density at radius 3 is 1.65 bits per heavy atom. The summed E-state index contributed by atoms with van der Waals surface area (Å²) in [6.45, 7) is 6.41. The van der Waals surface area contributed by atoms with Crippen molar-refractivity contribution >= 4 is 13.6 Å². The quantitative estimate of drug-likeness (QED) is 0.857. The van der Waals surface area contributed by atoms with E-state index in [1.807, 2.05) is 32.6 Å². The molecule has 17 heavy (non-hydrogen) atoms. The Kier molecular flexibility index (Phi) is 11.0. The van der Waals surface area contributed by atoms with Gasteiger partial charge in [-0.25, -0.2) is 0 Å². The van der Waals surface area contributed by atoms with Crippen LogP contribution in [0, 0.1) is 6.92 Å². The molecule has 0 saturated carbocycles. The average Bonchev–Trinajstić information content (AvgIpc) is 2.42. The second kappa shape index (κ2) is 10.6. The SMILES string of the molecule is C=O.C=O.COc1cc(C)cc(OC)c1CN. The molecule has 5 nitrogen and oxygen atoms in total. The summed E-state index contributed by atoms with van der Waals surface area (Å²) in [5.41, 5.74) is 7.61. The minimum absolute atomic E-state index is 0.423. The van der Waals surface area contributed by atoms with Gasteiger partial charge in [-0.15, -0.1) is 0 Å². The summed E-state index contributed by atoms with van der Waals surface area (Å²) in [7, 11) is 3.26. The van der Waals surface area contributed by atoms with Gasteiger partial charge in [-0.3, -0.25) is 0 Å². The third kappa shape index (κ3) is 5.12. The third-order valence-electron chi connectivity index (χ3n) is 1.96. The minimum atomic E-state index is 0.423. The van der Waals surface area contributed by atoms with E-state index < -0.39 is 0 Å². The minimum Gasteiger partial charge on any atom is -0.496 e. The second-order valence-corrected chi connectivity index (χ2v) is 2.85. The van der Waals surface area contributed by atoms with Gasteiger partial charge in [-0.1, -0.05) is 0 Å². The molecule has 0 spiro atoms. The maximum absolute atomic E-state index is 8.00. The molecule has 0 unspecified atom stereocenters. The molecule has 0 aromatic heterocycles. The van der Waals surface area contributed by atoms with Gasteiger partial charge in [0.1, 0.15) is 25.1 Å². The number of carbonyl (C=O) groups excluding carboxylic acids is 2. The smallest absolute Gasteiger partial charge is 0.127 e. The van der Waals surface area contributed by atoms with Crippen molar-refractivity contribution < 1.29 is 19.1 Å². The Labute approximate surface area is 102 Å². The molecule has 0 atom stereocenters. The fraction of sp³-hybridized carbons (Fsp3) is 0.333. The van der Waals surface area contributed by atoms with Crippen LogP contribution in [0.1, 0.15) is 11.1 Å². The van der Waals surface area contributed by atoms with Crippen LogP contribution in [0.4, 0.5) is 0 Å². The van der Waals surface area contributed by atoms with Crippen LogP contribution < -0.4 is 15.2 Å². The van der Waals surface area contributed by atoms with E-state index in [0.29, 0.717) is 6.54 Å². The van der Waals surface area contributed by atoms with Gasteiger partial charge in [0.2, 0.25) is 0 Å². The maximum Gasteiger partial charge on any atom is 0.127 e. The maximum atomic E-state index is 8.00. The molecular weight excluding hydrogens is 222 g/mol. The number of hydrogen-bond acceptors (Lipinski definition) is 5. The first-order valence-electron chi connectivity index (χ1n) is 4.72. The van der Waals surface area contributed by atoms with Crippen molar-refractivity contribution in [3.63, 3.8) is 0 Å². The van der Waals surface area contributed by atoms with Crippen molar-refractivity contribution in [2.45, 2.75) is 13.5 Å². The summed E-state index contributed by atoms with van der Waals surface area (Å²) in [5.74, 6) is 1.58. The van der Waals surface area contributed by atoms with Crippen LogP contribution >= 0.6 is 0 Å². The summed E-state index contributed by atoms with van der Waals surface area (Å²) in [4.78, 5) is 16.0. The molecule has 0 amide bonds. The van der Waals surface area contributed by atoms with Gasteiger partial charge in [0.05, 0.1) is 14.2 Å². The van der Waals surface area contributed by atoms with Gasteiger partial charge in [0.25, 0.3) is 0 Å². The van der Waals surface area contributed by atoms with Crippen LogP contribution in [0.15, 0.2) is 12.1 Å². The number of carbonyl (C=O) groups is 2. The van der Waals surface area contributed by atoms with Gasteiger partial charge in [0.15, 0.2) is 0 Å². The lowest BCUT2D eigenvalue weighted by Gasteiger charge is -2.12. The summed E-state index contributed by atoms with van der Waals surface area (Å²) in [6, 6.07) is 3.90. The highest BCUT2D eigenvalue weighted by molar-refractivity contribution is 5.47.